The van der Waals surface area contributed by atoms with Crippen molar-refractivity contribution in [2.75, 3.05) is 0 Å². The van der Waals surface area contributed by atoms with Crippen LogP contribution in [0.2, 0.25) is 0 Å². The highest BCUT2D eigenvalue weighted by Gasteiger charge is 2.09. The van der Waals surface area contributed by atoms with E-state index in [9.17, 15) is 0 Å². The molecule has 0 aliphatic carbocycles. The molecular formula is C15H17N5. The van der Waals surface area contributed by atoms with E-state index in [1.807, 2.05) is 33.8 Å². The minimum absolute atomic E-state index is 0.736. The molecule has 0 saturated heterocycles. The zero-order valence-electron chi connectivity index (χ0n) is 11.7. The Hall–Kier alpha value is -2.43. The van der Waals surface area contributed by atoms with Crippen molar-refractivity contribution in [2.45, 2.75) is 26.9 Å². The number of hydrogen-bond acceptors (Lipinski definition) is 3. The van der Waals surface area contributed by atoms with Crippen molar-refractivity contribution in [2.24, 2.45) is 0 Å². The summed E-state index contributed by atoms with van der Waals surface area (Å²) in [5.41, 5.74) is 4.39. The Balaban J connectivity index is 1.86. The van der Waals surface area contributed by atoms with Crippen LogP contribution in [0.25, 0.3) is 11.4 Å². The van der Waals surface area contributed by atoms with Gasteiger partial charge in [0.2, 0.25) is 0 Å². The predicted molar refractivity (Wildman–Crippen MR) is 77.2 cm³/mol. The van der Waals surface area contributed by atoms with Crippen molar-refractivity contribution < 1.29 is 0 Å². The Labute approximate surface area is 117 Å². The van der Waals surface area contributed by atoms with Gasteiger partial charge < -0.3 is 0 Å². The molecular weight excluding hydrogens is 250 g/mol. The maximum Gasteiger partial charge on any atom is 0.131 e. The fourth-order valence-electron chi connectivity index (χ4n) is 2.26. The zero-order chi connectivity index (χ0) is 13.9. The molecule has 0 N–H and O–H groups in total. The second-order valence-electron chi connectivity index (χ2n) is 4.76. The van der Waals surface area contributed by atoms with E-state index in [4.69, 9.17) is 0 Å². The summed E-state index contributed by atoms with van der Waals surface area (Å²) >= 11 is 0. The summed E-state index contributed by atoms with van der Waals surface area (Å²) in [5, 5.41) is 12.7. The van der Waals surface area contributed by atoms with Crippen LogP contribution in [0.3, 0.4) is 0 Å². The molecule has 0 unspecified atom stereocenters. The zero-order valence-corrected chi connectivity index (χ0v) is 11.7. The molecule has 0 radical (unpaired) electrons. The molecule has 0 aliphatic rings. The van der Waals surface area contributed by atoms with Crippen molar-refractivity contribution in [1.29, 1.82) is 0 Å². The van der Waals surface area contributed by atoms with E-state index in [0.717, 1.165) is 24.5 Å². The molecule has 0 amide bonds. The predicted octanol–water partition coefficient (Wildman–Crippen LogP) is 2.52. The Kier molecular flexibility index (Phi) is 3.33. The fraction of sp³-hybridized carbons (Fsp3) is 0.267. The van der Waals surface area contributed by atoms with E-state index in [1.54, 1.807) is 6.20 Å². The number of aromatic nitrogens is 5. The Bertz CT molecular complexity index is 710. The third kappa shape index (κ3) is 2.34. The van der Waals surface area contributed by atoms with Crippen LogP contribution in [0, 0.1) is 6.92 Å². The minimum atomic E-state index is 0.736. The monoisotopic (exact) mass is 267 g/mol. The molecule has 0 fully saturated rings. The maximum atomic E-state index is 4.26. The summed E-state index contributed by atoms with van der Waals surface area (Å²) in [4.78, 5) is 0. The third-order valence-corrected chi connectivity index (χ3v) is 3.41. The van der Waals surface area contributed by atoms with Crippen LogP contribution in [-0.2, 0) is 13.1 Å². The van der Waals surface area contributed by atoms with E-state index in [-0.39, 0.29) is 0 Å². The first kappa shape index (κ1) is 12.6. The van der Waals surface area contributed by atoms with Gasteiger partial charge >= 0.3 is 0 Å². The molecule has 0 saturated carbocycles. The van der Waals surface area contributed by atoms with Gasteiger partial charge in [-0.25, -0.2) is 4.68 Å². The van der Waals surface area contributed by atoms with Crippen molar-refractivity contribution in [3.05, 3.63) is 53.9 Å². The van der Waals surface area contributed by atoms with Crippen LogP contribution in [0.5, 0.6) is 0 Å². The van der Waals surface area contributed by atoms with Gasteiger partial charge in [-0.3, -0.25) is 4.68 Å². The highest BCUT2D eigenvalue weighted by Crippen LogP contribution is 2.16. The van der Waals surface area contributed by atoms with Crippen LogP contribution in [-0.4, -0.2) is 24.8 Å². The summed E-state index contributed by atoms with van der Waals surface area (Å²) in [6.07, 6.45) is 3.76. The number of benzene rings is 1. The molecule has 20 heavy (non-hydrogen) atoms. The first-order chi connectivity index (χ1) is 9.78. The number of nitrogens with zero attached hydrogens (tertiary/aromatic N) is 5. The second kappa shape index (κ2) is 5.28. The molecule has 0 atom stereocenters. The largest absolute Gasteiger partial charge is 0.263 e. The van der Waals surface area contributed by atoms with Crippen LogP contribution < -0.4 is 0 Å². The third-order valence-electron chi connectivity index (χ3n) is 3.41. The molecule has 2 heterocycles. The van der Waals surface area contributed by atoms with E-state index in [1.165, 1.54) is 11.1 Å². The van der Waals surface area contributed by atoms with Gasteiger partial charge in [0, 0.05) is 12.7 Å². The summed E-state index contributed by atoms with van der Waals surface area (Å²) in [7, 11) is 0. The van der Waals surface area contributed by atoms with Gasteiger partial charge in [-0.15, -0.1) is 5.10 Å². The summed E-state index contributed by atoms with van der Waals surface area (Å²) < 4.78 is 3.78. The van der Waals surface area contributed by atoms with E-state index >= 15 is 0 Å². The van der Waals surface area contributed by atoms with E-state index in [2.05, 4.69) is 41.4 Å². The van der Waals surface area contributed by atoms with Crippen molar-refractivity contribution >= 4 is 0 Å². The molecule has 0 spiro atoms. The van der Waals surface area contributed by atoms with Gasteiger partial charge in [-0.2, -0.15) is 5.10 Å². The lowest BCUT2D eigenvalue weighted by Gasteiger charge is -2.04. The molecule has 1 aromatic carbocycles. The highest BCUT2D eigenvalue weighted by molar-refractivity contribution is 5.52. The molecule has 5 heteroatoms. The van der Waals surface area contributed by atoms with Crippen LogP contribution in [0.15, 0.2) is 42.7 Å². The fourth-order valence-corrected chi connectivity index (χ4v) is 2.26. The van der Waals surface area contributed by atoms with Crippen LogP contribution in [0.4, 0.5) is 0 Å². The number of hydrogen-bond donors (Lipinski definition) is 0. The lowest BCUT2D eigenvalue weighted by atomic mass is 10.1. The average Bonchev–Trinajstić information content (AvgIpc) is 3.09. The standard InChI is InChI=1S/C15H17N5/c1-3-20-15(8-9-16-20)14-11-19(18-17-14)10-13-7-5-4-6-12(13)2/h4-9,11H,3,10H2,1-2H3. The molecule has 5 nitrogen and oxygen atoms in total. The summed E-state index contributed by atoms with van der Waals surface area (Å²) in [6.45, 7) is 5.74. The van der Waals surface area contributed by atoms with Crippen LogP contribution >= 0.6 is 0 Å². The lowest BCUT2D eigenvalue weighted by Crippen LogP contribution is -2.02. The maximum absolute atomic E-state index is 4.26. The van der Waals surface area contributed by atoms with E-state index in [0.29, 0.717) is 0 Å². The molecule has 102 valence electrons. The Morgan fingerprint density at radius 2 is 2.00 bits per heavy atom. The van der Waals surface area contributed by atoms with Gasteiger partial charge in [0.05, 0.1) is 18.4 Å². The molecule has 3 rings (SSSR count). The average molecular weight is 267 g/mol. The van der Waals surface area contributed by atoms with Crippen molar-refractivity contribution in [3.63, 3.8) is 0 Å². The summed E-state index contributed by atoms with van der Waals surface area (Å²) in [5.74, 6) is 0. The van der Waals surface area contributed by atoms with Crippen molar-refractivity contribution in [1.82, 2.24) is 24.8 Å². The smallest absolute Gasteiger partial charge is 0.131 e. The van der Waals surface area contributed by atoms with Gasteiger partial charge in [-0.05, 0) is 31.0 Å². The molecule has 3 aromatic rings. The lowest BCUT2D eigenvalue weighted by molar-refractivity contribution is 0.647. The normalized spacial score (nSPS) is 10.9. The van der Waals surface area contributed by atoms with E-state index < -0.39 is 0 Å². The van der Waals surface area contributed by atoms with Gasteiger partial charge in [0.25, 0.3) is 0 Å². The Morgan fingerprint density at radius 3 is 2.80 bits per heavy atom. The Morgan fingerprint density at radius 1 is 1.15 bits per heavy atom. The first-order valence-electron chi connectivity index (χ1n) is 6.74. The minimum Gasteiger partial charge on any atom is -0.263 e. The molecule has 0 bridgehead atoms. The van der Waals surface area contributed by atoms with Gasteiger partial charge in [0.15, 0.2) is 0 Å². The highest BCUT2D eigenvalue weighted by atomic mass is 15.4. The second-order valence-corrected chi connectivity index (χ2v) is 4.76. The molecule has 0 aliphatic heterocycles. The number of aryl methyl sites for hydroxylation is 2. The quantitative estimate of drug-likeness (QED) is 0.729. The van der Waals surface area contributed by atoms with Crippen molar-refractivity contribution in [3.8, 4) is 11.4 Å². The topological polar surface area (TPSA) is 48.5 Å². The molecule has 2 aromatic heterocycles. The number of rotatable bonds is 4. The van der Waals surface area contributed by atoms with Gasteiger partial charge in [0.1, 0.15) is 5.69 Å². The van der Waals surface area contributed by atoms with Gasteiger partial charge in [-0.1, -0.05) is 29.5 Å². The van der Waals surface area contributed by atoms with Crippen LogP contribution in [0.1, 0.15) is 18.1 Å². The summed E-state index contributed by atoms with van der Waals surface area (Å²) in [6, 6.07) is 10.3. The SMILES string of the molecule is CCn1nccc1-c1cn(Cc2ccccc2C)nn1. The first-order valence-corrected chi connectivity index (χ1v) is 6.74.